The number of ether oxygens (including phenoxy) is 1. The van der Waals surface area contributed by atoms with Gasteiger partial charge in [0.15, 0.2) is 0 Å². The standard InChI is InChI=1S/C14H19ClN2O2/c1-11-10-17(8-9-19-11)7-6-14(18)16-13-5-3-2-4-12(13)15/h2-5,11H,6-10H2,1H3,(H,16,18). The molecule has 104 valence electrons. The van der Waals surface area contributed by atoms with Gasteiger partial charge in [0, 0.05) is 26.1 Å². The molecule has 0 saturated carbocycles. The molecule has 1 aliphatic rings. The summed E-state index contributed by atoms with van der Waals surface area (Å²) in [4.78, 5) is 14.1. The Labute approximate surface area is 118 Å². The number of halogens is 1. The predicted molar refractivity (Wildman–Crippen MR) is 76.6 cm³/mol. The van der Waals surface area contributed by atoms with Crippen molar-refractivity contribution in [1.82, 2.24) is 4.90 Å². The minimum absolute atomic E-state index is 0.00718. The van der Waals surface area contributed by atoms with Crippen molar-refractivity contribution in [2.45, 2.75) is 19.4 Å². The SMILES string of the molecule is CC1CN(CCC(=O)Nc2ccccc2Cl)CCO1. The van der Waals surface area contributed by atoms with Crippen molar-refractivity contribution < 1.29 is 9.53 Å². The number of morpholine rings is 1. The summed E-state index contributed by atoms with van der Waals surface area (Å²) in [7, 11) is 0. The zero-order valence-corrected chi connectivity index (χ0v) is 11.8. The van der Waals surface area contributed by atoms with Crippen LogP contribution in [0.15, 0.2) is 24.3 Å². The zero-order chi connectivity index (χ0) is 13.7. The molecular weight excluding hydrogens is 264 g/mol. The second-order valence-electron chi connectivity index (χ2n) is 4.76. The topological polar surface area (TPSA) is 41.6 Å². The molecule has 0 bridgehead atoms. The smallest absolute Gasteiger partial charge is 0.225 e. The van der Waals surface area contributed by atoms with Crippen LogP contribution in [0.2, 0.25) is 5.02 Å². The number of anilines is 1. The maximum absolute atomic E-state index is 11.9. The molecule has 1 aliphatic heterocycles. The first kappa shape index (κ1) is 14.3. The van der Waals surface area contributed by atoms with Crippen LogP contribution in [-0.2, 0) is 9.53 Å². The molecule has 0 aromatic heterocycles. The number of hydrogen-bond donors (Lipinski definition) is 1. The summed E-state index contributed by atoms with van der Waals surface area (Å²) >= 11 is 5.99. The highest BCUT2D eigenvalue weighted by Crippen LogP contribution is 2.20. The molecule has 1 aromatic rings. The van der Waals surface area contributed by atoms with Crippen molar-refractivity contribution >= 4 is 23.2 Å². The van der Waals surface area contributed by atoms with Gasteiger partial charge in [-0.2, -0.15) is 0 Å². The number of para-hydroxylation sites is 1. The van der Waals surface area contributed by atoms with Crippen molar-refractivity contribution in [2.75, 3.05) is 31.6 Å². The van der Waals surface area contributed by atoms with Gasteiger partial charge in [0.25, 0.3) is 0 Å². The van der Waals surface area contributed by atoms with Crippen LogP contribution in [0.3, 0.4) is 0 Å². The maximum Gasteiger partial charge on any atom is 0.225 e. The molecule has 1 atom stereocenters. The molecule has 1 amide bonds. The van der Waals surface area contributed by atoms with Crippen molar-refractivity contribution in [1.29, 1.82) is 0 Å². The molecule has 1 N–H and O–H groups in total. The van der Waals surface area contributed by atoms with E-state index in [1.165, 1.54) is 0 Å². The van der Waals surface area contributed by atoms with E-state index in [0.29, 0.717) is 17.1 Å². The lowest BCUT2D eigenvalue weighted by atomic mass is 10.2. The molecule has 2 rings (SSSR count). The molecule has 1 heterocycles. The van der Waals surface area contributed by atoms with Crippen LogP contribution in [0.5, 0.6) is 0 Å². The summed E-state index contributed by atoms with van der Waals surface area (Å²) < 4.78 is 5.47. The molecule has 5 heteroatoms. The first-order chi connectivity index (χ1) is 9.15. The third kappa shape index (κ3) is 4.49. The molecule has 1 aromatic carbocycles. The summed E-state index contributed by atoms with van der Waals surface area (Å²) in [6.07, 6.45) is 0.721. The maximum atomic E-state index is 11.9. The van der Waals surface area contributed by atoms with Gasteiger partial charge in [-0.15, -0.1) is 0 Å². The highest BCUT2D eigenvalue weighted by atomic mass is 35.5. The van der Waals surface area contributed by atoms with Gasteiger partial charge in [-0.05, 0) is 19.1 Å². The Morgan fingerprint density at radius 2 is 2.32 bits per heavy atom. The molecule has 19 heavy (non-hydrogen) atoms. The van der Waals surface area contributed by atoms with Gasteiger partial charge in [-0.25, -0.2) is 0 Å². The molecule has 0 aliphatic carbocycles. The van der Waals surface area contributed by atoms with Crippen LogP contribution in [0.4, 0.5) is 5.69 Å². The fourth-order valence-electron chi connectivity index (χ4n) is 2.13. The monoisotopic (exact) mass is 282 g/mol. The first-order valence-corrected chi connectivity index (χ1v) is 6.91. The fourth-order valence-corrected chi connectivity index (χ4v) is 2.31. The Morgan fingerprint density at radius 1 is 1.53 bits per heavy atom. The summed E-state index contributed by atoms with van der Waals surface area (Å²) in [5.74, 6) is -0.00718. The van der Waals surface area contributed by atoms with Crippen molar-refractivity contribution in [3.05, 3.63) is 29.3 Å². The van der Waals surface area contributed by atoms with Crippen LogP contribution in [0, 0.1) is 0 Å². The Morgan fingerprint density at radius 3 is 3.05 bits per heavy atom. The van der Waals surface area contributed by atoms with E-state index in [9.17, 15) is 4.79 Å². The Bertz CT molecular complexity index is 439. The Hall–Kier alpha value is -1.10. The third-order valence-corrected chi connectivity index (χ3v) is 3.46. The second-order valence-corrected chi connectivity index (χ2v) is 5.17. The quantitative estimate of drug-likeness (QED) is 0.922. The summed E-state index contributed by atoms with van der Waals surface area (Å²) in [5.41, 5.74) is 0.671. The third-order valence-electron chi connectivity index (χ3n) is 3.13. The van der Waals surface area contributed by atoms with E-state index >= 15 is 0 Å². The van der Waals surface area contributed by atoms with Crippen LogP contribution < -0.4 is 5.32 Å². The average Bonchev–Trinajstić information content (AvgIpc) is 2.39. The van der Waals surface area contributed by atoms with Crippen LogP contribution >= 0.6 is 11.6 Å². The van der Waals surface area contributed by atoms with Gasteiger partial charge >= 0.3 is 0 Å². The number of hydrogen-bond acceptors (Lipinski definition) is 3. The number of nitrogens with zero attached hydrogens (tertiary/aromatic N) is 1. The van der Waals surface area contributed by atoms with Crippen molar-refractivity contribution in [3.63, 3.8) is 0 Å². The Balaban J connectivity index is 1.77. The lowest BCUT2D eigenvalue weighted by Gasteiger charge is -2.30. The number of carbonyl (C=O) groups is 1. The highest BCUT2D eigenvalue weighted by molar-refractivity contribution is 6.33. The van der Waals surface area contributed by atoms with E-state index < -0.39 is 0 Å². The lowest BCUT2D eigenvalue weighted by molar-refractivity contribution is -0.117. The largest absolute Gasteiger partial charge is 0.376 e. The minimum Gasteiger partial charge on any atom is -0.376 e. The number of carbonyl (C=O) groups excluding carboxylic acids is 1. The summed E-state index contributed by atoms with van der Waals surface area (Å²) in [6, 6.07) is 7.26. The van der Waals surface area contributed by atoms with Gasteiger partial charge in [-0.1, -0.05) is 23.7 Å². The van der Waals surface area contributed by atoms with E-state index in [2.05, 4.69) is 17.1 Å². The lowest BCUT2D eigenvalue weighted by Crippen LogP contribution is -2.42. The number of benzene rings is 1. The minimum atomic E-state index is -0.00718. The Kier molecular flexibility index (Phi) is 5.19. The van der Waals surface area contributed by atoms with E-state index in [0.717, 1.165) is 26.2 Å². The van der Waals surface area contributed by atoms with Gasteiger partial charge in [-0.3, -0.25) is 9.69 Å². The number of rotatable bonds is 4. The van der Waals surface area contributed by atoms with Gasteiger partial charge in [0.2, 0.25) is 5.91 Å². The van der Waals surface area contributed by atoms with E-state index in [-0.39, 0.29) is 12.0 Å². The fraction of sp³-hybridized carbons (Fsp3) is 0.500. The molecule has 0 radical (unpaired) electrons. The van der Waals surface area contributed by atoms with Gasteiger partial charge < -0.3 is 10.1 Å². The molecule has 1 saturated heterocycles. The van der Waals surface area contributed by atoms with E-state index in [4.69, 9.17) is 16.3 Å². The number of nitrogens with one attached hydrogen (secondary N) is 1. The normalized spacial score (nSPS) is 20.2. The van der Waals surface area contributed by atoms with E-state index in [1.807, 2.05) is 12.1 Å². The van der Waals surface area contributed by atoms with Crippen molar-refractivity contribution in [2.24, 2.45) is 0 Å². The zero-order valence-electron chi connectivity index (χ0n) is 11.1. The van der Waals surface area contributed by atoms with Gasteiger partial charge in [0.05, 0.1) is 23.4 Å². The molecular formula is C14H19ClN2O2. The highest BCUT2D eigenvalue weighted by Gasteiger charge is 2.17. The summed E-state index contributed by atoms with van der Waals surface area (Å²) in [5, 5.41) is 3.40. The first-order valence-electron chi connectivity index (χ1n) is 6.53. The molecule has 1 fully saturated rings. The second kappa shape index (κ2) is 6.89. The molecule has 4 nitrogen and oxygen atoms in total. The van der Waals surface area contributed by atoms with Crippen LogP contribution in [0.1, 0.15) is 13.3 Å². The summed E-state index contributed by atoms with van der Waals surface area (Å²) in [6.45, 7) is 5.33. The van der Waals surface area contributed by atoms with Gasteiger partial charge in [0.1, 0.15) is 0 Å². The molecule has 0 spiro atoms. The van der Waals surface area contributed by atoms with Crippen LogP contribution in [0.25, 0.3) is 0 Å². The molecule has 1 unspecified atom stereocenters. The number of amides is 1. The average molecular weight is 283 g/mol. The van der Waals surface area contributed by atoms with E-state index in [1.54, 1.807) is 12.1 Å². The van der Waals surface area contributed by atoms with Crippen LogP contribution in [-0.4, -0.2) is 43.2 Å². The van der Waals surface area contributed by atoms with Crippen molar-refractivity contribution in [3.8, 4) is 0 Å². The predicted octanol–water partition coefficient (Wildman–Crippen LogP) is 2.39.